The monoisotopic (exact) mass is 174 g/mol. The van der Waals surface area contributed by atoms with E-state index in [0.717, 1.165) is 5.33 Å². The highest BCUT2D eigenvalue weighted by atomic mass is 79.9. The zero-order chi connectivity index (χ0) is 6.41. The molecule has 0 saturated carbocycles. The number of alkyl halides is 1. The van der Waals surface area contributed by atoms with E-state index in [0.29, 0.717) is 0 Å². The van der Waals surface area contributed by atoms with E-state index in [9.17, 15) is 0 Å². The summed E-state index contributed by atoms with van der Waals surface area (Å²) in [4.78, 5) is 0. The van der Waals surface area contributed by atoms with Crippen molar-refractivity contribution in [2.75, 3.05) is 5.33 Å². The minimum atomic E-state index is 0.941. The number of hydrogen-bond donors (Lipinski definition) is 0. The zero-order valence-electron chi connectivity index (χ0n) is 5.32. The summed E-state index contributed by atoms with van der Waals surface area (Å²) in [5, 5.41) is 0.941. The third-order valence-corrected chi connectivity index (χ3v) is 1.03. The average Bonchev–Trinajstić information content (AvgIpc) is 1.66. The molecule has 0 aliphatic heterocycles. The van der Waals surface area contributed by atoms with Gasteiger partial charge >= 0.3 is 0 Å². The Bertz CT molecular complexity index is 97.0. The molecule has 0 saturated heterocycles. The predicted molar refractivity (Wildman–Crippen MR) is 42.4 cm³/mol. The molecule has 0 aliphatic rings. The van der Waals surface area contributed by atoms with Crippen molar-refractivity contribution in [2.24, 2.45) is 0 Å². The molecule has 0 fully saturated rings. The van der Waals surface area contributed by atoms with Gasteiger partial charge in [-0.2, -0.15) is 0 Å². The largest absolute Gasteiger partial charge is 0.0883 e. The quantitative estimate of drug-likeness (QED) is 0.447. The maximum atomic E-state index is 3.28. The first-order chi connectivity index (χ1) is 3.77. The van der Waals surface area contributed by atoms with Gasteiger partial charge in [0.2, 0.25) is 0 Å². The first-order valence-corrected chi connectivity index (χ1v) is 3.75. The summed E-state index contributed by atoms with van der Waals surface area (Å²) in [6, 6.07) is 0. The number of halogens is 1. The molecule has 0 aromatic carbocycles. The second-order valence-corrected chi connectivity index (χ2v) is 2.47. The van der Waals surface area contributed by atoms with Crippen LogP contribution in [0.3, 0.4) is 0 Å². The third-order valence-electron chi connectivity index (χ3n) is 0.655. The van der Waals surface area contributed by atoms with E-state index in [1.54, 1.807) is 0 Å². The number of hydrogen-bond acceptors (Lipinski definition) is 0. The Balaban J connectivity index is 3.42. The Kier molecular flexibility index (Phi) is 5.08. The SMILES string of the molecule is CC(C)=C/C=C/CBr. The molecule has 0 N–H and O–H groups in total. The van der Waals surface area contributed by atoms with Crippen molar-refractivity contribution >= 4 is 15.9 Å². The van der Waals surface area contributed by atoms with Crippen molar-refractivity contribution in [1.29, 1.82) is 0 Å². The molecule has 0 radical (unpaired) electrons. The molecule has 0 aromatic heterocycles. The topological polar surface area (TPSA) is 0 Å². The van der Waals surface area contributed by atoms with E-state index in [4.69, 9.17) is 0 Å². The van der Waals surface area contributed by atoms with Crippen LogP contribution in [0.1, 0.15) is 13.8 Å². The van der Waals surface area contributed by atoms with Crippen molar-refractivity contribution in [3.05, 3.63) is 23.8 Å². The summed E-state index contributed by atoms with van der Waals surface area (Å²) in [5.41, 5.74) is 1.34. The van der Waals surface area contributed by atoms with Crippen LogP contribution >= 0.6 is 15.9 Å². The van der Waals surface area contributed by atoms with E-state index in [1.165, 1.54) is 5.57 Å². The Morgan fingerprint density at radius 2 is 2.12 bits per heavy atom. The van der Waals surface area contributed by atoms with Gasteiger partial charge in [0.25, 0.3) is 0 Å². The van der Waals surface area contributed by atoms with Crippen LogP contribution < -0.4 is 0 Å². The van der Waals surface area contributed by atoms with Crippen LogP contribution in [-0.4, -0.2) is 5.33 Å². The van der Waals surface area contributed by atoms with Crippen LogP contribution in [0, 0.1) is 0 Å². The normalized spacial score (nSPS) is 9.88. The highest BCUT2D eigenvalue weighted by Gasteiger charge is 1.68. The molecular weight excluding hydrogens is 164 g/mol. The summed E-state index contributed by atoms with van der Waals surface area (Å²) >= 11 is 3.28. The molecule has 46 valence electrons. The van der Waals surface area contributed by atoms with Crippen molar-refractivity contribution in [3.63, 3.8) is 0 Å². The average molecular weight is 175 g/mol. The van der Waals surface area contributed by atoms with Crippen LogP contribution in [0.15, 0.2) is 23.8 Å². The molecule has 0 spiro atoms. The van der Waals surface area contributed by atoms with Gasteiger partial charge < -0.3 is 0 Å². The summed E-state index contributed by atoms with van der Waals surface area (Å²) < 4.78 is 0. The lowest BCUT2D eigenvalue weighted by atomic mass is 10.3. The highest BCUT2D eigenvalue weighted by Crippen LogP contribution is 1.89. The van der Waals surface area contributed by atoms with Gasteiger partial charge in [0.05, 0.1) is 0 Å². The van der Waals surface area contributed by atoms with E-state index in [2.05, 4.69) is 41.9 Å². The summed E-state index contributed by atoms with van der Waals surface area (Å²) in [5.74, 6) is 0. The fraction of sp³-hybridized carbons (Fsp3) is 0.429. The molecule has 0 aliphatic carbocycles. The predicted octanol–water partition coefficient (Wildman–Crippen LogP) is 2.90. The van der Waals surface area contributed by atoms with Crippen molar-refractivity contribution in [1.82, 2.24) is 0 Å². The summed E-state index contributed by atoms with van der Waals surface area (Å²) in [6.45, 7) is 4.16. The minimum absolute atomic E-state index is 0.941. The molecule has 0 amide bonds. The van der Waals surface area contributed by atoms with E-state index < -0.39 is 0 Å². The minimum Gasteiger partial charge on any atom is -0.0883 e. The second kappa shape index (κ2) is 5.10. The van der Waals surface area contributed by atoms with E-state index in [-0.39, 0.29) is 0 Å². The molecule has 1 heteroatoms. The molecule has 0 bridgehead atoms. The lowest BCUT2D eigenvalue weighted by molar-refractivity contribution is 1.39. The summed E-state index contributed by atoms with van der Waals surface area (Å²) in [7, 11) is 0. The molecule has 0 aromatic rings. The highest BCUT2D eigenvalue weighted by molar-refractivity contribution is 9.09. The van der Waals surface area contributed by atoms with Gasteiger partial charge in [0.1, 0.15) is 0 Å². The lowest BCUT2D eigenvalue weighted by Gasteiger charge is -1.79. The molecule has 8 heavy (non-hydrogen) atoms. The van der Waals surface area contributed by atoms with Crippen LogP contribution in [0.25, 0.3) is 0 Å². The van der Waals surface area contributed by atoms with E-state index in [1.807, 2.05) is 6.08 Å². The first-order valence-electron chi connectivity index (χ1n) is 2.63. The standard InChI is InChI=1S/C7H11Br/c1-7(2)5-3-4-6-8/h3-5H,6H2,1-2H3/b4-3+. The molecule has 0 unspecified atom stereocenters. The maximum absolute atomic E-state index is 3.28. The van der Waals surface area contributed by atoms with Gasteiger partial charge in [0.15, 0.2) is 0 Å². The Morgan fingerprint density at radius 3 is 2.50 bits per heavy atom. The molecule has 0 nitrogen and oxygen atoms in total. The molecule has 0 atom stereocenters. The van der Waals surface area contributed by atoms with Gasteiger partial charge in [-0.05, 0) is 13.8 Å². The lowest BCUT2D eigenvalue weighted by Crippen LogP contribution is -1.60. The van der Waals surface area contributed by atoms with Crippen molar-refractivity contribution < 1.29 is 0 Å². The Morgan fingerprint density at radius 1 is 1.50 bits per heavy atom. The van der Waals surface area contributed by atoms with Crippen molar-refractivity contribution in [2.45, 2.75) is 13.8 Å². The number of rotatable bonds is 2. The number of allylic oxidation sites excluding steroid dienone is 4. The van der Waals surface area contributed by atoms with Gasteiger partial charge in [-0.3, -0.25) is 0 Å². The fourth-order valence-electron chi connectivity index (χ4n) is 0.312. The van der Waals surface area contributed by atoms with Crippen LogP contribution in [-0.2, 0) is 0 Å². The zero-order valence-corrected chi connectivity index (χ0v) is 6.90. The van der Waals surface area contributed by atoms with Crippen LogP contribution in [0.5, 0.6) is 0 Å². The third kappa shape index (κ3) is 5.96. The van der Waals surface area contributed by atoms with Gasteiger partial charge in [-0.1, -0.05) is 39.7 Å². The smallest absolute Gasteiger partial charge is 0.0215 e. The molecule has 0 heterocycles. The van der Waals surface area contributed by atoms with Gasteiger partial charge in [-0.25, -0.2) is 0 Å². The Hall–Kier alpha value is -0.0400. The molecule has 0 rings (SSSR count). The first kappa shape index (κ1) is 7.96. The summed E-state index contributed by atoms with van der Waals surface area (Å²) in [6.07, 6.45) is 6.19. The van der Waals surface area contributed by atoms with Crippen LogP contribution in [0.4, 0.5) is 0 Å². The Labute approximate surface area is 59.4 Å². The second-order valence-electron chi connectivity index (χ2n) is 1.83. The molecular formula is C7H11Br. The van der Waals surface area contributed by atoms with Gasteiger partial charge in [-0.15, -0.1) is 0 Å². The maximum Gasteiger partial charge on any atom is 0.0215 e. The fourth-order valence-corrected chi connectivity index (χ4v) is 0.528. The van der Waals surface area contributed by atoms with Gasteiger partial charge in [0, 0.05) is 5.33 Å². The van der Waals surface area contributed by atoms with Crippen molar-refractivity contribution in [3.8, 4) is 0 Å². The van der Waals surface area contributed by atoms with Crippen LogP contribution in [0.2, 0.25) is 0 Å². The van der Waals surface area contributed by atoms with E-state index >= 15 is 0 Å².